The zero-order chi connectivity index (χ0) is 13.7. The van der Waals surface area contributed by atoms with Crippen molar-refractivity contribution in [1.82, 2.24) is 0 Å². The minimum atomic E-state index is -2.43. The number of hydrogen-bond acceptors (Lipinski definition) is 4. The zero-order valence-electron chi connectivity index (χ0n) is 12.5. The first-order valence-corrected chi connectivity index (χ1v) is 8.91. The molecular formula is C13H30O4Si. The smallest absolute Gasteiger partial charge is 0.381 e. The number of unbranched alkanes of at least 4 members (excludes halogenated alkanes) is 5. The Kier molecular flexibility index (Phi) is 12.1. The van der Waals surface area contributed by atoms with Crippen molar-refractivity contribution >= 4 is 8.80 Å². The maximum absolute atomic E-state index is 5.60. The second-order valence-electron chi connectivity index (χ2n) is 4.43. The highest BCUT2D eigenvalue weighted by molar-refractivity contribution is 6.60. The highest BCUT2D eigenvalue weighted by Crippen LogP contribution is 2.12. The summed E-state index contributed by atoms with van der Waals surface area (Å²) in [6, 6.07) is 0.715. The van der Waals surface area contributed by atoms with Crippen LogP contribution in [-0.2, 0) is 18.0 Å². The van der Waals surface area contributed by atoms with Crippen molar-refractivity contribution in [3.05, 3.63) is 0 Å². The average molecular weight is 278 g/mol. The molecule has 0 atom stereocenters. The van der Waals surface area contributed by atoms with Gasteiger partial charge in [-0.15, -0.1) is 0 Å². The quantitative estimate of drug-likeness (QED) is 0.383. The van der Waals surface area contributed by atoms with Crippen molar-refractivity contribution in [1.29, 1.82) is 0 Å². The Morgan fingerprint density at radius 3 is 1.83 bits per heavy atom. The molecule has 0 N–H and O–H groups in total. The molecule has 0 amide bonds. The molecule has 0 aliphatic rings. The van der Waals surface area contributed by atoms with Gasteiger partial charge in [-0.1, -0.05) is 39.0 Å². The van der Waals surface area contributed by atoms with Crippen molar-refractivity contribution in [2.75, 3.05) is 34.5 Å². The van der Waals surface area contributed by atoms with E-state index in [0.717, 1.165) is 13.0 Å². The van der Waals surface area contributed by atoms with E-state index in [1.807, 2.05) is 0 Å². The summed E-state index contributed by atoms with van der Waals surface area (Å²) in [6.45, 7) is 3.71. The van der Waals surface area contributed by atoms with Gasteiger partial charge in [-0.25, -0.2) is 0 Å². The van der Waals surface area contributed by atoms with Crippen LogP contribution < -0.4 is 0 Å². The molecule has 0 aromatic heterocycles. The van der Waals surface area contributed by atoms with Crippen LogP contribution in [0.3, 0.4) is 0 Å². The van der Waals surface area contributed by atoms with Gasteiger partial charge < -0.3 is 18.0 Å². The van der Waals surface area contributed by atoms with E-state index in [-0.39, 0.29) is 0 Å². The highest BCUT2D eigenvalue weighted by Gasteiger charge is 2.37. The van der Waals surface area contributed by atoms with Crippen LogP contribution >= 0.6 is 0 Å². The molecule has 5 heteroatoms. The molecule has 0 aromatic rings. The average Bonchev–Trinajstić information content (AvgIpc) is 2.42. The second-order valence-corrected chi connectivity index (χ2v) is 7.52. The first-order valence-electron chi connectivity index (χ1n) is 6.98. The highest BCUT2D eigenvalue weighted by atomic mass is 28.4. The summed E-state index contributed by atoms with van der Waals surface area (Å²) in [7, 11) is 2.47. The number of ether oxygens (including phenoxy) is 1. The molecule has 0 rings (SSSR count). The van der Waals surface area contributed by atoms with Crippen molar-refractivity contribution < 1.29 is 18.0 Å². The van der Waals surface area contributed by atoms with E-state index in [1.165, 1.54) is 32.1 Å². The van der Waals surface area contributed by atoms with Crippen molar-refractivity contribution in [3.8, 4) is 0 Å². The second kappa shape index (κ2) is 12.1. The summed E-state index contributed by atoms with van der Waals surface area (Å²) in [6.07, 6.45) is 7.74. The summed E-state index contributed by atoms with van der Waals surface area (Å²) in [5.41, 5.74) is 0. The lowest BCUT2D eigenvalue weighted by molar-refractivity contribution is 0.0940. The van der Waals surface area contributed by atoms with Gasteiger partial charge in [0.25, 0.3) is 0 Å². The lowest BCUT2D eigenvalue weighted by Crippen LogP contribution is -2.43. The van der Waals surface area contributed by atoms with Crippen LogP contribution in [0.5, 0.6) is 0 Å². The molecule has 0 aliphatic carbocycles. The standard InChI is InChI=1S/C13H30O4Si/c1-5-6-7-8-9-10-11-17-12-13-18(14-2,15-3)16-4/h5-13H2,1-4H3. The summed E-state index contributed by atoms with van der Waals surface area (Å²) in [5, 5.41) is 0. The number of hydrogen-bond donors (Lipinski definition) is 0. The largest absolute Gasteiger partial charge is 0.502 e. The molecule has 0 unspecified atom stereocenters. The fraction of sp³-hybridized carbons (Fsp3) is 1.00. The third-order valence-electron chi connectivity index (χ3n) is 3.13. The van der Waals surface area contributed by atoms with E-state index >= 15 is 0 Å². The van der Waals surface area contributed by atoms with Crippen LogP contribution in [-0.4, -0.2) is 43.3 Å². The minimum Gasteiger partial charge on any atom is -0.381 e. The fourth-order valence-electron chi connectivity index (χ4n) is 1.84. The lowest BCUT2D eigenvalue weighted by atomic mass is 10.1. The van der Waals surface area contributed by atoms with Gasteiger partial charge in [0, 0.05) is 34.0 Å². The first-order chi connectivity index (χ1) is 8.74. The zero-order valence-corrected chi connectivity index (χ0v) is 13.5. The Morgan fingerprint density at radius 1 is 0.722 bits per heavy atom. The van der Waals surface area contributed by atoms with Crippen LogP contribution in [0.4, 0.5) is 0 Å². The van der Waals surface area contributed by atoms with Crippen LogP contribution in [0.2, 0.25) is 6.04 Å². The van der Waals surface area contributed by atoms with Crippen molar-refractivity contribution in [3.63, 3.8) is 0 Å². The van der Waals surface area contributed by atoms with E-state index < -0.39 is 8.80 Å². The van der Waals surface area contributed by atoms with Gasteiger partial charge in [0.05, 0.1) is 6.61 Å². The van der Waals surface area contributed by atoms with Crippen LogP contribution in [0.25, 0.3) is 0 Å². The first kappa shape index (κ1) is 18.1. The maximum atomic E-state index is 5.60. The Balaban J connectivity index is 3.38. The van der Waals surface area contributed by atoms with Gasteiger partial charge in [-0.3, -0.25) is 0 Å². The Morgan fingerprint density at radius 2 is 1.28 bits per heavy atom. The third-order valence-corrected chi connectivity index (χ3v) is 5.81. The molecule has 18 heavy (non-hydrogen) atoms. The van der Waals surface area contributed by atoms with Gasteiger partial charge in [0.1, 0.15) is 0 Å². The molecular weight excluding hydrogens is 248 g/mol. The van der Waals surface area contributed by atoms with E-state index in [9.17, 15) is 0 Å². The molecule has 110 valence electrons. The van der Waals surface area contributed by atoms with E-state index in [4.69, 9.17) is 18.0 Å². The topological polar surface area (TPSA) is 36.9 Å². The Hall–Kier alpha value is 0.0569. The van der Waals surface area contributed by atoms with E-state index in [0.29, 0.717) is 12.7 Å². The van der Waals surface area contributed by atoms with Gasteiger partial charge in [-0.05, 0) is 6.42 Å². The third kappa shape index (κ3) is 8.21. The van der Waals surface area contributed by atoms with E-state index in [1.54, 1.807) is 21.3 Å². The number of rotatable bonds is 13. The summed E-state index contributed by atoms with van der Waals surface area (Å²) in [4.78, 5) is 0. The van der Waals surface area contributed by atoms with E-state index in [2.05, 4.69) is 6.92 Å². The van der Waals surface area contributed by atoms with Gasteiger partial charge >= 0.3 is 8.80 Å². The molecule has 0 bridgehead atoms. The molecule has 0 heterocycles. The molecule has 0 aliphatic heterocycles. The lowest BCUT2D eigenvalue weighted by Gasteiger charge is -2.24. The van der Waals surface area contributed by atoms with Gasteiger partial charge in [0.15, 0.2) is 0 Å². The monoisotopic (exact) mass is 278 g/mol. The fourth-order valence-corrected chi connectivity index (χ4v) is 3.35. The molecule has 0 fully saturated rings. The SMILES string of the molecule is CCCCCCCCOCC[Si](OC)(OC)OC. The Labute approximate surface area is 113 Å². The molecule has 0 aromatic carbocycles. The molecule has 4 nitrogen and oxygen atoms in total. The van der Waals surface area contributed by atoms with Gasteiger partial charge in [-0.2, -0.15) is 0 Å². The van der Waals surface area contributed by atoms with Crippen LogP contribution in [0.15, 0.2) is 0 Å². The summed E-state index contributed by atoms with van der Waals surface area (Å²) >= 11 is 0. The predicted octanol–water partition coefficient (Wildman–Crippen LogP) is 3.24. The van der Waals surface area contributed by atoms with Crippen LogP contribution in [0.1, 0.15) is 45.4 Å². The van der Waals surface area contributed by atoms with Crippen molar-refractivity contribution in [2.45, 2.75) is 51.5 Å². The molecule has 0 saturated carbocycles. The minimum absolute atomic E-state index is 0.650. The maximum Gasteiger partial charge on any atom is 0.502 e. The molecule has 0 radical (unpaired) electrons. The molecule has 0 spiro atoms. The predicted molar refractivity (Wildman–Crippen MR) is 75.8 cm³/mol. The molecule has 0 saturated heterocycles. The van der Waals surface area contributed by atoms with Gasteiger partial charge in [0.2, 0.25) is 0 Å². The Bertz CT molecular complexity index is 166. The normalized spacial score (nSPS) is 12.0. The van der Waals surface area contributed by atoms with Crippen molar-refractivity contribution in [2.24, 2.45) is 0 Å². The van der Waals surface area contributed by atoms with Crippen LogP contribution in [0, 0.1) is 0 Å². The summed E-state index contributed by atoms with van der Waals surface area (Å²) < 4.78 is 21.6. The summed E-state index contributed by atoms with van der Waals surface area (Å²) in [5.74, 6) is 0.